The van der Waals surface area contributed by atoms with Crippen molar-refractivity contribution in [2.75, 3.05) is 6.61 Å². The van der Waals surface area contributed by atoms with Gasteiger partial charge in [0.25, 0.3) is 0 Å². The molecule has 0 saturated carbocycles. The van der Waals surface area contributed by atoms with Crippen molar-refractivity contribution in [3.05, 3.63) is 35.1 Å². The smallest absolute Gasteiger partial charge is 0.407 e. The molecule has 80 valence electrons. The van der Waals surface area contributed by atoms with Crippen LogP contribution >= 0.6 is 0 Å². The van der Waals surface area contributed by atoms with Gasteiger partial charge >= 0.3 is 6.09 Å². The van der Waals surface area contributed by atoms with Crippen LogP contribution in [0.1, 0.15) is 23.6 Å². The molecule has 1 aliphatic rings. The first kappa shape index (κ1) is 9.96. The molecule has 1 amide bonds. The number of carbonyl (C=O) groups excluding carboxylic acids is 1. The number of aryl methyl sites for hydroxylation is 1. The number of carbonyl (C=O) groups is 1. The van der Waals surface area contributed by atoms with Gasteiger partial charge in [-0.2, -0.15) is 0 Å². The third kappa shape index (κ3) is 2.09. The molecule has 1 aromatic carbocycles. The number of cyclic esters (lactones) is 1. The second-order valence-electron chi connectivity index (χ2n) is 3.65. The summed E-state index contributed by atoms with van der Waals surface area (Å²) in [5.74, 6) is -0.276. The van der Waals surface area contributed by atoms with Crippen molar-refractivity contribution >= 4 is 6.09 Å². The van der Waals surface area contributed by atoms with Gasteiger partial charge in [-0.25, -0.2) is 9.18 Å². The number of rotatable bonds is 1. The Morgan fingerprint density at radius 1 is 1.53 bits per heavy atom. The predicted molar refractivity (Wildman–Crippen MR) is 53.0 cm³/mol. The van der Waals surface area contributed by atoms with E-state index in [-0.39, 0.29) is 11.9 Å². The van der Waals surface area contributed by atoms with Crippen LogP contribution in [0.15, 0.2) is 18.2 Å². The summed E-state index contributed by atoms with van der Waals surface area (Å²) >= 11 is 0. The van der Waals surface area contributed by atoms with Crippen LogP contribution in [0.3, 0.4) is 0 Å². The molecule has 1 N–H and O–H groups in total. The zero-order valence-electron chi connectivity index (χ0n) is 8.42. The van der Waals surface area contributed by atoms with E-state index in [0.717, 1.165) is 5.56 Å². The lowest BCUT2D eigenvalue weighted by molar-refractivity contribution is 0.115. The van der Waals surface area contributed by atoms with Gasteiger partial charge in [0, 0.05) is 12.0 Å². The quantitative estimate of drug-likeness (QED) is 0.770. The van der Waals surface area contributed by atoms with Gasteiger partial charge in [0.15, 0.2) is 0 Å². The fraction of sp³-hybridized carbons (Fsp3) is 0.364. The van der Waals surface area contributed by atoms with E-state index in [0.29, 0.717) is 18.6 Å². The molecule has 1 aromatic rings. The summed E-state index contributed by atoms with van der Waals surface area (Å²) in [5.41, 5.74) is 1.40. The van der Waals surface area contributed by atoms with Gasteiger partial charge in [-0.05, 0) is 18.6 Å². The Balaban J connectivity index is 2.24. The van der Waals surface area contributed by atoms with Crippen LogP contribution in [-0.2, 0) is 4.74 Å². The highest BCUT2D eigenvalue weighted by Crippen LogP contribution is 2.23. The van der Waals surface area contributed by atoms with Crippen LogP contribution in [0.4, 0.5) is 9.18 Å². The Bertz CT molecular complexity index is 392. The lowest BCUT2D eigenvalue weighted by Crippen LogP contribution is -2.35. The Labute approximate surface area is 87.2 Å². The SMILES string of the molecule is Cc1ccc([C@@H]2CCOC(=O)N2)c(F)c1. The van der Waals surface area contributed by atoms with Gasteiger partial charge in [0.2, 0.25) is 0 Å². The summed E-state index contributed by atoms with van der Waals surface area (Å²) in [5, 5.41) is 2.59. The summed E-state index contributed by atoms with van der Waals surface area (Å²) in [7, 11) is 0. The van der Waals surface area contributed by atoms with Crippen molar-refractivity contribution in [1.82, 2.24) is 5.32 Å². The second-order valence-corrected chi connectivity index (χ2v) is 3.65. The molecule has 1 atom stereocenters. The van der Waals surface area contributed by atoms with Crippen molar-refractivity contribution in [1.29, 1.82) is 0 Å². The monoisotopic (exact) mass is 209 g/mol. The maximum atomic E-state index is 13.6. The first-order chi connectivity index (χ1) is 7.16. The highest BCUT2D eigenvalue weighted by molar-refractivity contribution is 5.68. The average molecular weight is 209 g/mol. The van der Waals surface area contributed by atoms with Crippen LogP contribution in [0.5, 0.6) is 0 Å². The summed E-state index contributed by atoms with van der Waals surface area (Å²) < 4.78 is 18.3. The molecule has 1 saturated heterocycles. The molecule has 1 heterocycles. The third-order valence-corrected chi connectivity index (χ3v) is 2.46. The van der Waals surface area contributed by atoms with Crippen LogP contribution < -0.4 is 5.32 Å². The van der Waals surface area contributed by atoms with Gasteiger partial charge in [0.05, 0.1) is 12.6 Å². The molecular formula is C11H12FNO2. The summed E-state index contributed by atoms with van der Waals surface area (Å²) in [4.78, 5) is 11.0. The van der Waals surface area contributed by atoms with Crippen molar-refractivity contribution < 1.29 is 13.9 Å². The Kier molecular flexibility index (Phi) is 2.58. The fourth-order valence-corrected chi connectivity index (χ4v) is 1.67. The number of ether oxygens (including phenoxy) is 1. The maximum Gasteiger partial charge on any atom is 0.407 e. The largest absolute Gasteiger partial charge is 0.449 e. The first-order valence-electron chi connectivity index (χ1n) is 4.86. The zero-order valence-corrected chi connectivity index (χ0v) is 8.42. The zero-order chi connectivity index (χ0) is 10.8. The lowest BCUT2D eigenvalue weighted by Gasteiger charge is -2.24. The minimum Gasteiger partial charge on any atom is -0.449 e. The summed E-state index contributed by atoms with van der Waals surface area (Å²) in [6.45, 7) is 2.17. The van der Waals surface area contributed by atoms with Crippen LogP contribution in [-0.4, -0.2) is 12.7 Å². The normalized spacial score (nSPS) is 20.7. The molecule has 0 aliphatic carbocycles. The molecule has 2 rings (SSSR count). The van der Waals surface area contributed by atoms with Gasteiger partial charge in [-0.15, -0.1) is 0 Å². The van der Waals surface area contributed by atoms with E-state index in [9.17, 15) is 9.18 Å². The molecule has 0 spiro atoms. The standard InChI is InChI=1S/C11H12FNO2/c1-7-2-3-8(9(12)6-7)10-4-5-15-11(14)13-10/h2-3,6,10H,4-5H2,1H3,(H,13,14)/t10-/m0/s1. The van der Waals surface area contributed by atoms with Crippen LogP contribution in [0.25, 0.3) is 0 Å². The Hall–Kier alpha value is -1.58. The van der Waals surface area contributed by atoms with E-state index >= 15 is 0 Å². The summed E-state index contributed by atoms with van der Waals surface area (Å²) in [6.07, 6.45) is 0.123. The Morgan fingerprint density at radius 2 is 2.33 bits per heavy atom. The molecule has 1 fully saturated rings. The average Bonchev–Trinajstić information content (AvgIpc) is 2.17. The number of alkyl carbamates (subject to hydrolysis) is 1. The number of halogens is 1. The Morgan fingerprint density at radius 3 is 3.00 bits per heavy atom. The molecule has 0 radical (unpaired) electrons. The van der Waals surface area contributed by atoms with Gasteiger partial charge in [-0.3, -0.25) is 0 Å². The van der Waals surface area contributed by atoms with E-state index in [2.05, 4.69) is 5.32 Å². The minimum absolute atomic E-state index is 0.271. The highest BCUT2D eigenvalue weighted by Gasteiger charge is 2.22. The fourth-order valence-electron chi connectivity index (χ4n) is 1.67. The van der Waals surface area contributed by atoms with E-state index in [1.54, 1.807) is 6.07 Å². The minimum atomic E-state index is -0.480. The highest BCUT2D eigenvalue weighted by atomic mass is 19.1. The van der Waals surface area contributed by atoms with E-state index in [1.165, 1.54) is 6.07 Å². The lowest BCUT2D eigenvalue weighted by atomic mass is 10.0. The van der Waals surface area contributed by atoms with Gasteiger partial charge in [-0.1, -0.05) is 12.1 Å². The van der Waals surface area contributed by atoms with E-state index < -0.39 is 6.09 Å². The van der Waals surface area contributed by atoms with Crippen molar-refractivity contribution in [3.63, 3.8) is 0 Å². The number of hydrogen-bond acceptors (Lipinski definition) is 2. The molecule has 4 heteroatoms. The van der Waals surface area contributed by atoms with Crippen LogP contribution in [0.2, 0.25) is 0 Å². The number of nitrogens with one attached hydrogen (secondary N) is 1. The van der Waals surface area contributed by atoms with E-state index in [1.807, 2.05) is 13.0 Å². The number of benzene rings is 1. The summed E-state index contributed by atoms with van der Waals surface area (Å²) in [6, 6.07) is 4.74. The third-order valence-electron chi connectivity index (χ3n) is 2.46. The maximum absolute atomic E-state index is 13.6. The molecule has 0 aromatic heterocycles. The molecule has 0 bridgehead atoms. The van der Waals surface area contributed by atoms with Crippen molar-refractivity contribution in [2.24, 2.45) is 0 Å². The van der Waals surface area contributed by atoms with E-state index in [4.69, 9.17) is 4.74 Å². The second kappa shape index (κ2) is 3.88. The van der Waals surface area contributed by atoms with Crippen LogP contribution in [0, 0.1) is 12.7 Å². The topological polar surface area (TPSA) is 38.3 Å². The van der Waals surface area contributed by atoms with Gasteiger partial charge in [0.1, 0.15) is 5.82 Å². The molecule has 3 nitrogen and oxygen atoms in total. The van der Waals surface area contributed by atoms with Crippen molar-refractivity contribution in [3.8, 4) is 0 Å². The van der Waals surface area contributed by atoms with Crippen molar-refractivity contribution in [2.45, 2.75) is 19.4 Å². The number of amides is 1. The molecule has 15 heavy (non-hydrogen) atoms. The van der Waals surface area contributed by atoms with Gasteiger partial charge < -0.3 is 10.1 Å². The molecule has 1 aliphatic heterocycles. The number of hydrogen-bond donors (Lipinski definition) is 1. The first-order valence-corrected chi connectivity index (χ1v) is 4.86. The molecular weight excluding hydrogens is 197 g/mol. The molecule has 0 unspecified atom stereocenters. The predicted octanol–water partition coefficient (Wildman–Crippen LogP) is 2.31.